The lowest BCUT2D eigenvalue weighted by Crippen LogP contribution is -2.38. The van der Waals surface area contributed by atoms with Crippen molar-refractivity contribution in [3.8, 4) is 5.75 Å². The van der Waals surface area contributed by atoms with Crippen LogP contribution in [0.15, 0.2) is 24.3 Å². The number of nitrogens with zero attached hydrogens (tertiary/aromatic N) is 1. The van der Waals surface area contributed by atoms with E-state index < -0.39 is 0 Å². The van der Waals surface area contributed by atoms with Crippen LogP contribution in [0.4, 0.5) is 0 Å². The number of benzene rings is 1. The molecule has 19 heavy (non-hydrogen) atoms. The first-order valence-corrected chi connectivity index (χ1v) is 7.00. The van der Waals surface area contributed by atoms with Crippen molar-refractivity contribution in [2.75, 3.05) is 26.2 Å². The number of nitrogens with two attached hydrogens (primary N) is 1. The summed E-state index contributed by atoms with van der Waals surface area (Å²) in [6, 6.07) is 7.77. The smallest absolute Gasteiger partial charge is 0.260 e. The molecule has 1 fully saturated rings. The lowest BCUT2D eigenvalue weighted by atomic mass is 10.1. The minimum absolute atomic E-state index is 0.0854. The third-order valence-electron chi connectivity index (χ3n) is 3.45. The van der Waals surface area contributed by atoms with Gasteiger partial charge in [0.25, 0.3) is 5.91 Å². The Morgan fingerprint density at radius 1 is 1.21 bits per heavy atom. The van der Waals surface area contributed by atoms with Gasteiger partial charge in [-0.2, -0.15) is 0 Å². The average molecular weight is 262 g/mol. The Hall–Kier alpha value is -1.55. The van der Waals surface area contributed by atoms with Crippen molar-refractivity contribution in [1.82, 2.24) is 4.90 Å². The number of carbonyl (C=O) groups excluding carboxylic acids is 1. The quantitative estimate of drug-likeness (QED) is 0.876. The molecular formula is C15H22N2O2. The van der Waals surface area contributed by atoms with Gasteiger partial charge in [0.1, 0.15) is 5.75 Å². The molecule has 0 radical (unpaired) electrons. The van der Waals surface area contributed by atoms with Crippen molar-refractivity contribution in [2.24, 2.45) is 5.73 Å². The normalized spacial score (nSPS) is 15.3. The van der Waals surface area contributed by atoms with Gasteiger partial charge in [-0.3, -0.25) is 4.79 Å². The third kappa shape index (κ3) is 3.96. The second kappa shape index (κ2) is 7.14. The molecule has 104 valence electrons. The zero-order valence-corrected chi connectivity index (χ0v) is 11.3. The summed E-state index contributed by atoms with van der Waals surface area (Å²) in [5.74, 6) is 0.862. The molecule has 0 spiro atoms. The molecule has 2 N–H and O–H groups in total. The van der Waals surface area contributed by atoms with Crippen LogP contribution in [-0.2, 0) is 11.2 Å². The highest BCUT2D eigenvalue weighted by Gasteiger charge is 2.17. The Labute approximate surface area is 114 Å². The molecule has 4 nitrogen and oxygen atoms in total. The predicted octanol–water partition coefficient (Wildman–Crippen LogP) is 1.58. The first kappa shape index (κ1) is 13.9. The van der Waals surface area contributed by atoms with E-state index in [9.17, 15) is 4.79 Å². The zero-order chi connectivity index (χ0) is 13.5. The molecule has 1 saturated heterocycles. The van der Waals surface area contributed by atoms with Gasteiger partial charge in [0.05, 0.1) is 0 Å². The highest BCUT2D eigenvalue weighted by atomic mass is 16.5. The van der Waals surface area contributed by atoms with E-state index >= 15 is 0 Å². The van der Waals surface area contributed by atoms with E-state index in [-0.39, 0.29) is 12.5 Å². The van der Waals surface area contributed by atoms with E-state index in [4.69, 9.17) is 10.5 Å². The Morgan fingerprint density at radius 3 is 2.68 bits per heavy atom. The second-order valence-corrected chi connectivity index (χ2v) is 4.88. The number of para-hydroxylation sites is 1. The molecule has 1 heterocycles. The van der Waals surface area contributed by atoms with Crippen molar-refractivity contribution in [1.29, 1.82) is 0 Å². The van der Waals surface area contributed by atoms with Crippen molar-refractivity contribution >= 4 is 5.91 Å². The van der Waals surface area contributed by atoms with Crippen molar-refractivity contribution in [3.05, 3.63) is 29.8 Å². The van der Waals surface area contributed by atoms with Crippen molar-refractivity contribution < 1.29 is 9.53 Å². The largest absolute Gasteiger partial charge is 0.483 e. The van der Waals surface area contributed by atoms with Gasteiger partial charge in [0, 0.05) is 13.1 Å². The Bertz CT molecular complexity index is 414. The van der Waals surface area contributed by atoms with E-state index in [1.807, 2.05) is 29.2 Å². The van der Waals surface area contributed by atoms with E-state index in [1.54, 1.807) is 0 Å². The highest BCUT2D eigenvalue weighted by molar-refractivity contribution is 5.77. The molecule has 0 aromatic heterocycles. The number of rotatable bonds is 5. The number of carbonyl (C=O) groups is 1. The topological polar surface area (TPSA) is 55.6 Å². The fourth-order valence-corrected chi connectivity index (χ4v) is 2.38. The van der Waals surface area contributed by atoms with Crippen LogP contribution in [0.2, 0.25) is 0 Å². The minimum Gasteiger partial charge on any atom is -0.483 e. The summed E-state index contributed by atoms with van der Waals surface area (Å²) < 4.78 is 5.66. The first-order chi connectivity index (χ1) is 9.31. The minimum atomic E-state index is 0.0854. The van der Waals surface area contributed by atoms with Crippen LogP contribution in [-0.4, -0.2) is 37.0 Å². The number of likely N-dealkylation sites (tertiary alicyclic amines) is 1. The van der Waals surface area contributed by atoms with Crippen molar-refractivity contribution in [3.63, 3.8) is 0 Å². The fourth-order valence-electron chi connectivity index (χ4n) is 2.38. The number of amides is 1. The van der Waals surface area contributed by atoms with Crippen LogP contribution in [0.1, 0.15) is 24.8 Å². The van der Waals surface area contributed by atoms with Gasteiger partial charge in [0.15, 0.2) is 6.61 Å². The fraction of sp³-hybridized carbons (Fsp3) is 0.533. The standard InChI is InChI=1S/C15H22N2O2/c16-9-8-13-6-2-3-7-14(13)19-12-15(18)17-10-4-1-5-11-17/h2-3,6-7H,1,4-5,8-12,16H2. The Balaban J connectivity index is 1.89. The molecule has 1 amide bonds. The third-order valence-corrected chi connectivity index (χ3v) is 3.45. The molecule has 1 aliphatic rings. The summed E-state index contributed by atoms with van der Waals surface area (Å²) in [7, 11) is 0. The van der Waals surface area contributed by atoms with Crippen LogP contribution in [0.3, 0.4) is 0 Å². The molecule has 0 bridgehead atoms. The molecule has 0 unspecified atom stereocenters. The van der Waals surface area contributed by atoms with Gasteiger partial charge >= 0.3 is 0 Å². The lowest BCUT2D eigenvalue weighted by molar-refractivity contribution is -0.134. The maximum absolute atomic E-state index is 12.0. The van der Waals surface area contributed by atoms with E-state index in [1.165, 1.54) is 6.42 Å². The molecule has 0 atom stereocenters. The molecule has 0 aliphatic carbocycles. The number of hydrogen-bond acceptors (Lipinski definition) is 3. The molecular weight excluding hydrogens is 240 g/mol. The number of hydrogen-bond donors (Lipinski definition) is 1. The van der Waals surface area contributed by atoms with Crippen LogP contribution < -0.4 is 10.5 Å². The number of ether oxygens (including phenoxy) is 1. The van der Waals surface area contributed by atoms with Crippen LogP contribution in [0.5, 0.6) is 5.75 Å². The molecule has 2 rings (SSSR count). The van der Waals surface area contributed by atoms with E-state index in [2.05, 4.69) is 0 Å². The van der Waals surface area contributed by atoms with Gasteiger partial charge in [-0.25, -0.2) is 0 Å². The van der Waals surface area contributed by atoms with Gasteiger partial charge in [0.2, 0.25) is 0 Å². The van der Waals surface area contributed by atoms with Gasteiger partial charge in [-0.1, -0.05) is 18.2 Å². The highest BCUT2D eigenvalue weighted by Crippen LogP contribution is 2.18. The van der Waals surface area contributed by atoms with Gasteiger partial charge < -0.3 is 15.4 Å². The predicted molar refractivity (Wildman–Crippen MR) is 75.1 cm³/mol. The zero-order valence-electron chi connectivity index (χ0n) is 11.3. The maximum Gasteiger partial charge on any atom is 0.260 e. The Morgan fingerprint density at radius 2 is 1.95 bits per heavy atom. The van der Waals surface area contributed by atoms with Crippen LogP contribution in [0, 0.1) is 0 Å². The van der Waals surface area contributed by atoms with Crippen LogP contribution >= 0.6 is 0 Å². The molecule has 1 aromatic carbocycles. The average Bonchev–Trinajstić information content (AvgIpc) is 2.47. The molecule has 4 heteroatoms. The van der Waals surface area contributed by atoms with E-state index in [0.29, 0.717) is 6.54 Å². The summed E-state index contributed by atoms with van der Waals surface area (Å²) in [6.07, 6.45) is 4.21. The summed E-state index contributed by atoms with van der Waals surface area (Å²) in [5.41, 5.74) is 6.64. The van der Waals surface area contributed by atoms with Crippen LogP contribution in [0.25, 0.3) is 0 Å². The molecule has 1 aromatic rings. The molecule has 0 saturated carbocycles. The number of piperidine rings is 1. The second-order valence-electron chi connectivity index (χ2n) is 4.88. The summed E-state index contributed by atoms with van der Waals surface area (Å²) >= 11 is 0. The lowest BCUT2D eigenvalue weighted by Gasteiger charge is -2.26. The first-order valence-electron chi connectivity index (χ1n) is 7.00. The summed E-state index contributed by atoms with van der Waals surface area (Å²) in [5, 5.41) is 0. The maximum atomic E-state index is 12.0. The Kier molecular flexibility index (Phi) is 5.21. The molecule has 1 aliphatic heterocycles. The summed E-state index contributed by atoms with van der Waals surface area (Å²) in [6.45, 7) is 2.45. The SMILES string of the molecule is NCCc1ccccc1OCC(=O)N1CCCCC1. The van der Waals surface area contributed by atoms with Gasteiger partial charge in [-0.15, -0.1) is 0 Å². The summed E-state index contributed by atoms with van der Waals surface area (Å²) in [4.78, 5) is 13.9. The van der Waals surface area contributed by atoms with E-state index in [0.717, 1.165) is 43.7 Å². The van der Waals surface area contributed by atoms with Crippen molar-refractivity contribution in [2.45, 2.75) is 25.7 Å². The van der Waals surface area contributed by atoms with Gasteiger partial charge in [-0.05, 0) is 43.9 Å². The monoisotopic (exact) mass is 262 g/mol.